The third-order valence-corrected chi connectivity index (χ3v) is 5.16. The molecule has 0 saturated carbocycles. The molecule has 0 saturated heterocycles. The molecule has 0 spiro atoms. The second-order valence-corrected chi connectivity index (χ2v) is 8.88. The Hall–Kier alpha value is -3.59. The summed E-state index contributed by atoms with van der Waals surface area (Å²) in [5, 5.41) is 3.90. The normalized spacial score (nSPS) is 11.5. The number of carbonyl (C=O) groups excluding carboxylic acids is 2. The molecule has 0 atom stereocenters. The van der Waals surface area contributed by atoms with E-state index in [0.29, 0.717) is 44.7 Å². The third-order valence-electron chi connectivity index (χ3n) is 4.87. The van der Waals surface area contributed by atoms with E-state index in [4.69, 9.17) is 31.2 Å². The third kappa shape index (κ3) is 4.49. The van der Waals surface area contributed by atoms with Crippen LogP contribution >= 0.6 is 11.6 Å². The molecular weight excluding hydrogens is 442 g/mol. The lowest BCUT2D eigenvalue weighted by Crippen LogP contribution is -2.50. The smallest absolute Gasteiger partial charge is 0.253 e. The number of primary amides is 1. The molecule has 8 nitrogen and oxygen atoms in total. The standard InChI is InChI=1S/C21H19B3ClN3O5/c1-31-16-6-14-10(4-11(16)19(26)29)15(2-3-27-14)33-18-7-17-9(5-13(18)25)12(8-32-17)20(30)28-21(22,23)24/h2-8H,22-24H2,1H3,(H2,26,29)(H,28,30). The first-order valence-corrected chi connectivity index (χ1v) is 10.4. The van der Waals surface area contributed by atoms with Gasteiger partial charge in [-0.1, -0.05) is 11.6 Å². The van der Waals surface area contributed by atoms with Crippen molar-refractivity contribution in [3.63, 3.8) is 0 Å². The van der Waals surface area contributed by atoms with Crippen molar-refractivity contribution in [3.05, 3.63) is 58.9 Å². The van der Waals surface area contributed by atoms with Crippen molar-refractivity contribution in [2.24, 2.45) is 5.73 Å². The molecule has 33 heavy (non-hydrogen) atoms. The number of amides is 2. The molecule has 0 aliphatic carbocycles. The maximum Gasteiger partial charge on any atom is 0.253 e. The van der Waals surface area contributed by atoms with Gasteiger partial charge in [-0.3, -0.25) is 14.6 Å². The van der Waals surface area contributed by atoms with Crippen LogP contribution in [0.15, 0.2) is 47.2 Å². The number of fused-ring (bicyclic) bond motifs is 2. The van der Waals surface area contributed by atoms with E-state index in [2.05, 4.69) is 10.3 Å². The predicted molar refractivity (Wildman–Crippen MR) is 134 cm³/mol. The summed E-state index contributed by atoms with van der Waals surface area (Å²) in [6.45, 7) is 0. The molecule has 3 N–H and O–H groups in total. The van der Waals surface area contributed by atoms with E-state index in [1.54, 1.807) is 36.5 Å². The monoisotopic (exact) mass is 461 g/mol. The number of pyridine rings is 1. The van der Waals surface area contributed by atoms with Crippen molar-refractivity contribution >= 4 is 68.8 Å². The van der Waals surface area contributed by atoms with Gasteiger partial charge in [-0.2, -0.15) is 0 Å². The number of nitrogens with zero attached hydrogens (tertiary/aromatic N) is 1. The number of methoxy groups -OCH3 is 1. The first kappa shape index (κ1) is 22.6. The Morgan fingerprint density at radius 2 is 1.85 bits per heavy atom. The highest BCUT2D eigenvalue weighted by Crippen LogP contribution is 2.38. The minimum Gasteiger partial charge on any atom is -0.496 e. The van der Waals surface area contributed by atoms with Gasteiger partial charge in [0.15, 0.2) is 0 Å². The number of furan rings is 1. The molecule has 0 radical (unpaired) electrons. The van der Waals surface area contributed by atoms with E-state index in [0.717, 1.165) is 0 Å². The lowest BCUT2D eigenvalue weighted by molar-refractivity contribution is 0.0951. The number of carbonyl (C=O) groups is 2. The Balaban J connectivity index is 1.75. The maximum atomic E-state index is 12.6. The van der Waals surface area contributed by atoms with Crippen molar-refractivity contribution in [2.75, 3.05) is 7.11 Å². The zero-order chi connectivity index (χ0) is 23.9. The summed E-state index contributed by atoms with van der Waals surface area (Å²) in [4.78, 5) is 28.8. The molecule has 0 aliphatic rings. The fourth-order valence-corrected chi connectivity index (χ4v) is 3.61. The molecule has 2 aromatic heterocycles. The number of aromatic nitrogens is 1. The summed E-state index contributed by atoms with van der Waals surface area (Å²) >= 11 is 6.49. The Kier molecular flexibility index (Phi) is 5.76. The minimum absolute atomic E-state index is 0.199. The van der Waals surface area contributed by atoms with Gasteiger partial charge in [0.2, 0.25) is 0 Å². The molecule has 2 aromatic carbocycles. The summed E-state index contributed by atoms with van der Waals surface area (Å²) < 4.78 is 16.9. The molecule has 12 heteroatoms. The average Bonchev–Trinajstić information content (AvgIpc) is 3.14. The van der Waals surface area contributed by atoms with E-state index >= 15 is 0 Å². The van der Waals surface area contributed by atoms with Crippen LogP contribution in [0.2, 0.25) is 5.02 Å². The molecule has 4 aromatic rings. The largest absolute Gasteiger partial charge is 0.496 e. The fraction of sp³-hybridized carbons (Fsp3) is 0.0952. The van der Waals surface area contributed by atoms with Gasteiger partial charge < -0.3 is 24.9 Å². The number of hydrogen-bond donors (Lipinski definition) is 2. The second-order valence-electron chi connectivity index (χ2n) is 8.48. The van der Waals surface area contributed by atoms with Gasteiger partial charge in [0.1, 0.15) is 52.6 Å². The van der Waals surface area contributed by atoms with Gasteiger partial charge in [0, 0.05) is 29.1 Å². The van der Waals surface area contributed by atoms with Crippen molar-refractivity contribution in [1.29, 1.82) is 0 Å². The highest BCUT2D eigenvalue weighted by Gasteiger charge is 2.21. The van der Waals surface area contributed by atoms with Crippen LogP contribution in [0.1, 0.15) is 20.7 Å². The van der Waals surface area contributed by atoms with E-state index in [9.17, 15) is 9.59 Å². The van der Waals surface area contributed by atoms with Gasteiger partial charge in [0.25, 0.3) is 11.8 Å². The Bertz CT molecular complexity index is 1420. The van der Waals surface area contributed by atoms with Crippen LogP contribution in [0.4, 0.5) is 0 Å². The first-order chi connectivity index (χ1) is 15.6. The van der Waals surface area contributed by atoms with E-state index in [-0.39, 0.29) is 16.5 Å². The molecule has 0 fully saturated rings. The summed E-state index contributed by atoms with van der Waals surface area (Å²) in [7, 11) is 7.13. The Labute approximate surface area is 197 Å². The van der Waals surface area contributed by atoms with Crippen LogP contribution in [0.25, 0.3) is 21.9 Å². The van der Waals surface area contributed by atoms with Crippen LogP contribution < -0.4 is 20.5 Å². The van der Waals surface area contributed by atoms with Crippen molar-refractivity contribution in [1.82, 2.24) is 10.3 Å². The molecule has 0 bridgehead atoms. The Morgan fingerprint density at radius 1 is 1.09 bits per heavy atom. The fourth-order valence-electron chi connectivity index (χ4n) is 3.41. The molecule has 0 unspecified atom stereocenters. The second kappa shape index (κ2) is 8.40. The minimum atomic E-state index is -0.639. The summed E-state index contributed by atoms with van der Waals surface area (Å²) in [6, 6.07) is 8.04. The number of rotatable bonds is 6. The molecular formula is C21H19B3ClN3O5. The van der Waals surface area contributed by atoms with Crippen LogP contribution in [0.3, 0.4) is 0 Å². The number of ether oxygens (including phenoxy) is 2. The zero-order valence-electron chi connectivity index (χ0n) is 18.5. The van der Waals surface area contributed by atoms with Gasteiger partial charge in [-0.15, -0.1) is 0 Å². The Morgan fingerprint density at radius 3 is 2.52 bits per heavy atom. The van der Waals surface area contributed by atoms with Crippen molar-refractivity contribution in [2.45, 2.75) is 5.24 Å². The summed E-state index contributed by atoms with van der Waals surface area (Å²) in [5.74, 6) is 0.128. The predicted octanol–water partition coefficient (Wildman–Crippen LogP) is 0.775. The lowest BCUT2D eigenvalue weighted by atomic mass is 9.49. The highest BCUT2D eigenvalue weighted by molar-refractivity contribution is 6.60. The maximum absolute atomic E-state index is 12.6. The number of nitrogens with two attached hydrogens (primary N) is 1. The topological polar surface area (TPSA) is 117 Å². The van der Waals surface area contributed by atoms with E-state index < -0.39 is 11.1 Å². The molecule has 164 valence electrons. The molecule has 4 rings (SSSR count). The lowest BCUT2D eigenvalue weighted by Gasteiger charge is -2.20. The van der Waals surface area contributed by atoms with Crippen molar-refractivity contribution < 1.29 is 23.5 Å². The summed E-state index contributed by atoms with van der Waals surface area (Å²) in [5.41, 5.74) is 7.05. The number of nitrogens with one attached hydrogen (secondary N) is 1. The van der Waals surface area contributed by atoms with Crippen LogP contribution in [-0.2, 0) is 0 Å². The quantitative estimate of drug-likeness (QED) is 0.410. The van der Waals surface area contributed by atoms with Crippen molar-refractivity contribution in [3.8, 4) is 17.2 Å². The zero-order valence-corrected chi connectivity index (χ0v) is 19.2. The highest BCUT2D eigenvalue weighted by atomic mass is 35.5. The van der Waals surface area contributed by atoms with Crippen LogP contribution in [0.5, 0.6) is 17.2 Å². The van der Waals surface area contributed by atoms with E-state index in [1.165, 1.54) is 13.4 Å². The van der Waals surface area contributed by atoms with Gasteiger partial charge in [0.05, 0.1) is 28.8 Å². The van der Waals surface area contributed by atoms with E-state index in [1.807, 2.05) is 23.5 Å². The number of benzene rings is 2. The first-order valence-electron chi connectivity index (χ1n) is 10.0. The van der Waals surface area contributed by atoms with Crippen LogP contribution in [-0.4, -0.2) is 52.7 Å². The van der Waals surface area contributed by atoms with Crippen LogP contribution in [0, 0.1) is 0 Å². The average molecular weight is 461 g/mol. The SMILES string of the molecule is BC(B)(B)NC(=O)c1coc2cc(Oc3ccnc4cc(OC)c(C(N)=O)cc34)c(Cl)cc12. The van der Waals surface area contributed by atoms with Gasteiger partial charge in [-0.05, 0) is 23.4 Å². The number of hydrogen-bond acceptors (Lipinski definition) is 6. The van der Waals surface area contributed by atoms with Gasteiger partial charge >= 0.3 is 0 Å². The molecule has 0 aliphatic heterocycles. The number of halogens is 1. The molecule has 2 amide bonds. The summed E-state index contributed by atoms with van der Waals surface area (Å²) in [6.07, 6.45) is 2.95. The van der Waals surface area contributed by atoms with Gasteiger partial charge in [-0.25, -0.2) is 0 Å². The molecule has 2 heterocycles.